The molecule has 0 saturated heterocycles. The number of pyridine rings is 1. The van der Waals surface area contributed by atoms with Gasteiger partial charge < -0.3 is 0 Å². The van der Waals surface area contributed by atoms with E-state index in [4.69, 9.17) is 0 Å². The molecular weight excluding hydrogens is 489 g/mol. The predicted octanol–water partition coefficient (Wildman–Crippen LogP) is 8.46. The molecule has 36 heavy (non-hydrogen) atoms. The quantitative estimate of drug-likeness (QED) is 0.129. The van der Waals surface area contributed by atoms with Gasteiger partial charge in [0.1, 0.15) is 0 Å². The number of hydrogen-bond donors (Lipinski definition) is 0. The lowest BCUT2D eigenvalue weighted by Gasteiger charge is -2.19. The number of alkyl halides is 3. The first-order valence-corrected chi connectivity index (χ1v) is 11.3. The lowest BCUT2D eigenvalue weighted by atomic mass is 9.86. The van der Waals surface area contributed by atoms with E-state index in [0.717, 1.165) is 41.5 Å². The number of fused-ring (bicyclic) bond motifs is 6. The third-order valence-electron chi connectivity index (χ3n) is 6.55. The largest absolute Gasteiger partial charge is 0.417 e. The molecule has 0 fully saturated rings. The molecule has 1 heterocycles. The monoisotopic (exact) mass is 510 g/mol. The van der Waals surface area contributed by atoms with Gasteiger partial charge in [-0.25, -0.2) is 0 Å². The number of nitro groups is 1. The van der Waals surface area contributed by atoms with Crippen LogP contribution in [0.4, 0.5) is 18.9 Å². The van der Waals surface area contributed by atoms with Crippen molar-refractivity contribution < 1.29 is 18.1 Å². The van der Waals surface area contributed by atoms with E-state index in [0.29, 0.717) is 16.2 Å². The summed E-state index contributed by atoms with van der Waals surface area (Å²) in [5.41, 5.74) is 2.25. The van der Waals surface area contributed by atoms with Gasteiger partial charge in [-0.15, -0.1) is 12.4 Å². The Hall–Kier alpha value is -3.71. The van der Waals surface area contributed by atoms with Crippen LogP contribution >= 0.6 is 12.4 Å². The molecule has 4 nitrogen and oxygen atoms in total. The molecule has 0 unspecified atom stereocenters. The molecule has 184 valence electrons. The number of nitro benzene ring substituents is 1. The highest BCUT2D eigenvalue weighted by Gasteiger charge is 2.32. The minimum atomic E-state index is -4.32. The first kappa shape index (κ1) is 25.4. The minimum Gasteiger partial charge on any atom is -0.264 e. The van der Waals surface area contributed by atoms with E-state index >= 15 is 0 Å². The maximum Gasteiger partial charge on any atom is 0.417 e. The normalized spacial score (nSPS) is 13.0. The van der Waals surface area contributed by atoms with Gasteiger partial charge in [0.15, 0.2) is 0 Å². The van der Waals surface area contributed by atoms with E-state index in [9.17, 15) is 23.3 Å². The van der Waals surface area contributed by atoms with E-state index in [2.05, 4.69) is 11.1 Å². The second kappa shape index (κ2) is 10.1. The first-order valence-electron chi connectivity index (χ1n) is 11.3. The summed E-state index contributed by atoms with van der Waals surface area (Å²) in [5, 5.41) is 15.1. The van der Waals surface area contributed by atoms with Crippen molar-refractivity contribution in [2.45, 2.75) is 31.9 Å². The fourth-order valence-electron chi connectivity index (χ4n) is 4.94. The van der Waals surface area contributed by atoms with Gasteiger partial charge in [-0.3, -0.25) is 15.1 Å². The van der Waals surface area contributed by atoms with Crippen LogP contribution in [0.15, 0.2) is 79.1 Å². The van der Waals surface area contributed by atoms with Crippen molar-refractivity contribution in [1.82, 2.24) is 4.98 Å². The number of aryl methyl sites for hydroxylation is 2. The van der Waals surface area contributed by atoms with Crippen LogP contribution < -0.4 is 0 Å². The van der Waals surface area contributed by atoms with E-state index in [1.165, 1.54) is 29.7 Å². The molecule has 0 N–H and O–H groups in total. The summed E-state index contributed by atoms with van der Waals surface area (Å²) >= 11 is 0. The molecule has 4 aromatic carbocycles. The Balaban J connectivity index is 0.000000187. The maximum absolute atomic E-state index is 13.2. The Bertz CT molecular complexity index is 1580. The SMILES string of the molecule is Cl.FC(F)(F)c1cccc2c1ccc1c3c(ccc12)CCCC3.O=[N+]([O-])c1cccc2cnccc12. The summed E-state index contributed by atoms with van der Waals surface area (Å²) in [4.78, 5) is 14.1. The lowest BCUT2D eigenvalue weighted by Crippen LogP contribution is -2.06. The highest BCUT2D eigenvalue weighted by molar-refractivity contribution is 6.09. The van der Waals surface area contributed by atoms with Gasteiger partial charge in [-0.1, -0.05) is 48.5 Å². The molecular formula is C28H22ClF3N2O2. The Morgan fingerprint density at radius 1 is 0.778 bits per heavy atom. The second-order valence-corrected chi connectivity index (χ2v) is 8.60. The van der Waals surface area contributed by atoms with Crippen LogP contribution in [-0.4, -0.2) is 9.91 Å². The van der Waals surface area contributed by atoms with E-state index in [1.807, 2.05) is 12.1 Å². The number of hydrogen-bond acceptors (Lipinski definition) is 3. The van der Waals surface area contributed by atoms with Crippen LogP contribution in [-0.2, 0) is 19.0 Å². The number of nitrogens with zero attached hydrogens (tertiary/aromatic N) is 2. The lowest BCUT2D eigenvalue weighted by molar-refractivity contribution is -0.383. The van der Waals surface area contributed by atoms with Gasteiger partial charge in [0.05, 0.1) is 15.9 Å². The average molecular weight is 511 g/mol. The average Bonchev–Trinajstić information content (AvgIpc) is 2.87. The van der Waals surface area contributed by atoms with Gasteiger partial charge in [-0.05, 0) is 70.5 Å². The molecule has 6 rings (SSSR count). The highest BCUT2D eigenvalue weighted by Crippen LogP contribution is 2.39. The standard InChI is InChI=1S/C19H15F3.C9H6N2O2.ClH/c20-19(21,22)18-7-3-6-14-16-9-8-12-4-1-2-5-13(12)15(16)10-11-17(14)18;12-11(13)9-3-1-2-7-6-10-5-4-8(7)9;/h3,6-11H,1-2,4-5H2;1-6H;1H. The first-order chi connectivity index (χ1) is 16.8. The highest BCUT2D eigenvalue weighted by atomic mass is 35.5. The van der Waals surface area contributed by atoms with Crippen molar-refractivity contribution >= 4 is 50.4 Å². The number of aromatic nitrogens is 1. The van der Waals surface area contributed by atoms with Crippen LogP contribution in [0.1, 0.15) is 29.5 Å². The Kier molecular flexibility index (Phi) is 7.13. The van der Waals surface area contributed by atoms with Crippen molar-refractivity contribution in [3.05, 3.63) is 106 Å². The predicted molar refractivity (Wildman–Crippen MR) is 139 cm³/mol. The van der Waals surface area contributed by atoms with Crippen LogP contribution in [0.25, 0.3) is 32.3 Å². The van der Waals surface area contributed by atoms with Gasteiger partial charge in [0.25, 0.3) is 5.69 Å². The topological polar surface area (TPSA) is 56.0 Å². The zero-order valence-corrected chi connectivity index (χ0v) is 19.9. The van der Waals surface area contributed by atoms with Crippen LogP contribution in [0.5, 0.6) is 0 Å². The second-order valence-electron chi connectivity index (χ2n) is 8.60. The summed E-state index contributed by atoms with van der Waals surface area (Å²) < 4.78 is 39.6. The smallest absolute Gasteiger partial charge is 0.264 e. The third kappa shape index (κ3) is 4.71. The molecule has 0 atom stereocenters. The molecule has 0 amide bonds. The van der Waals surface area contributed by atoms with Gasteiger partial charge >= 0.3 is 6.18 Å². The van der Waals surface area contributed by atoms with Crippen molar-refractivity contribution in [2.75, 3.05) is 0 Å². The summed E-state index contributed by atoms with van der Waals surface area (Å²) in [6.45, 7) is 0. The fourth-order valence-corrected chi connectivity index (χ4v) is 4.94. The van der Waals surface area contributed by atoms with E-state index in [-0.39, 0.29) is 23.0 Å². The summed E-state index contributed by atoms with van der Waals surface area (Å²) in [6, 6.07) is 18.6. The zero-order valence-electron chi connectivity index (χ0n) is 19.1. The third-order valence-corrected chi connectivity index (χ3v) is 6.55. The molecule has 0 spiro atoms. The molecule has 0 aliphatic heterocycles. The van der Waals surface area contributed by atoms with E-state index in [1.54, 1.807) is 42.7 Å². The summed E-state index contributed by atoms with van der Waals surface area (Å²) in [7, 11) is 0. The number of rotatable bonds is 1. The summed E-state index contributed by atoms with van der Waals surface area (Å²) in [6.07, 6.45) is 3.30. The molecule has 8 heteroatoms. The number of non-ortho nitro benzene ring substituents is 1. The van der Waals surface area contributed by atoms with Crippen molar-refractivity contribution in [3.8, 4) is 0 Å². The van der Waals surface area contributed by atoms with Gasteiger partial charge in [-0.2, -0.15) is 13.2 Å². The van der Waals surface area contributed by atoms with Crippen molar-refractivity contribution in [1.29, 1.82) is 0 Å². The number of benzene rings is 4. The Labute approximate surface area is 211 Å². The molecule has 1 aliphatic rings. The molecule has 0 radical (unpaired) electrons. The molecule has 1 aliphatic carbocycles. The molecule has 5 aromatic rings. The van der Waals surface area contributed by atoms with E-state index < -0.39 is 11.7 Å². The molecule has 1 aromatic heterocycles. The van der Waals surface area contributed by atoms with Gasteiger partial charge in [0, 0.05) is 23.8 Å². The van der Waals surface area contributed by atoms with Crippen molar-refractivity contribution in [2.24, 2.45) is 0 Å². The molecule has 0 bridgehead atoms. The Morgan fingerprint density at radius 3 is 2.25 bits per heavy atom. The van der Waals surface area contributed by atoms with Crippen LogP contribution in [0.2, 0.25) is 0 Å². The van der Waals surface area contributed by atoms with Gasteiger partial charge in [0.2, 0.25) is 0 Å². The Morgan fingerprint density at radius 2 is 1.47 bits per heavy atom. The maximum atomic E-state index is 13.2. The summed E-state index contributed by atoms with van der Waals surface area (Å²) in [5.74, 6) is 0. The van der Waals surface area contributed by atoms with Crippen molar-refractivity contribution in [3.63, 3.8) is 0 Å². The molecule has 0 saturated carbocycles. The van der Waals surface area contributed by atoms with Crippen LogP contribution in [0.3, 0.4) is 0 Å². The minimum absolute atomic E-state index is 0. The fraction of sp³-hybridized carbons (Fsp3) is 0.179. The zero-order chi connectivity index (χ0) is 24.6. The number of halogens is 4. The van der Waals surface area contributed by atoms with Crippen LogP contribution in [0, 0.1) is 10.1 Å².